The Bertz CT molecular complexity index is 182. The molecule has 1 heterocycles. The van der Waals surface area contributed by atoms with Crippen molar-refractivity contribution in [2.24, 2.45) is 0 Å². The molecule has 82 valence electrons. The minimum Gasteiger partial charge on any atom is -0.340 e. The van der Waals surface area contributed by atoms with Crippen molar-refractivity contribution in [3.05, 3.63) is 0 Å². The fourth-order valence-corrected chi connectivity index (χ4v) is 1.84. The molecule has 0 atom stereocenters. The van der Waals surface area contributed by atoms with Crippen LogP contribution in [0.3, 0.4) is 0 Å². The van der Waals surface area contributed by atoms with Gasteiger partial charge in [-0.15, -0.1) is 0 Å². The average Bonchev–Trinajstić information content (AvgIpc) is 3.04. The maximum absolute atomic E-state index is 11.0. The first-order valence-corrected chi connectivity index (χ1v) is 5.77. The third kappa shape index (κ3) is 2.98. The third-order valence-electron chi connectivity index (χ3n) is 2.82. The van der Waals surface area contributed by atoms with Crippen LogP contribution in [0, 0.1) is 0 Å². The van der Waals surface area contributed by atoms with Crippen molar-refractivity contribution < 1.29 is 4.79 Å². The van der Waals surface area contributed by atoms with Crippen LogP contribution in [0.4, 0.5) is 0 Å². The summed E-state index contributed by atoms with van der Waals surface area (Å²) in [6.07, 6.45) is 2.75. The number of nitrogens with zero attached hydrogens (tertiary/aromatic N) is 2. The molecule has 0 aromatic carbocycles. The fourth-order valence-electron chi connectivity index (χ4n) is 1.84. The van der Waals surface area contributed by atoms with Crippen molar-refractivity contribution in [3.8, 4) is 0 Å². The lowest BCUT2D eigenvalue weighted by Gasteiger charge is -2.34. The van der Waals surface area contributed by atoms with E-state index in [1.165, 1.54) is 12.8 Å². The molecule has 3 heteroatoms. The van der Waals surface area contributed by atoms with E-state index >= 15 is 0 Å². The maximum atomic E-state index is 11.0. The standard InChI is InChI=1S/C9H16N2O.C2H6/c1-8(12)10-4-6-11(7-5-10)9-2-3-9;1-2/h9H,2-7H2,1H3;1-2H3. The van der Waals surface area contributed by atoms with Crippen molar-refractivity contribution >= 4 is 5.91 Å². The van der Waals surface area contributed by atoms with Gasteiger partial charge in [-0.2, -0.15) is 0 Å². The lowest BCUT2D eigenvalue weighted by Crippen LogP contribution is -2.48. The summed E-state index contributed by atoms with van der Waals surface area (Å²) in [6.45, 7) is 9.71. The maximum Gasteiger partial charge on any atom is 0.219 e. The topological polar surface area (TPSA) is 23.6 Å². The number of piperazine rings is 1. The van der Waals surface area contributed by atoms with Crippen LogP contribution in [-0.4, -0.2) is 47.9 Å². The highest BCUT2D eigenvalue weighted by molar-refractivity contribution is 5.73. The van der Waals surface area contributed by atoms with Crippen molar-refractivity contribution in [1.29, 1.82) is 0 Å². The van der Waals surface area contributed by atoms with Gasteiger partial charge in [-0.05, 0) is 12.8 Å². The Morgan fingerprint density at radius 1 is 1.07 bits per heavy atom. The van der Waals surface area contributed by atoms with E-state index in [-0.39, 0.29) is 5.91 Å². The molecule has 0 aromatic heterocycles. The number of rotatable bonds is 1. The number of amides is 1. The molecule has 0 aromatic rings. The molecule has 2 rings (SSSR count). The first-order valence-electron chi connectivity index (χ1n) is 5.77. The SMILES string of the molecule is CC.CC(=O)N1CCN(C2CC2)CC1. The number of hydrogen-bond acceptors (Lipinski definition) is 2. The van der Waals surface area contributed by atoms with E-state index in [1.807, 2.05) is 18.7 Å². The van der Waals surface area contributed by atoms with Gasteiger partial charge in [0.25, 0.3) is 0 Å². The Balaban J connectivity index is 0.000000461. The molecule has 3 nitrogen and oxygen atoms in total. The van der Waals surface area contributed by atoms with Gasteiger partial charge in [0.05, 0.1) is 0 Å². The first-order chi connectivity index (χ1) is 6.77. The average molecular weight is 198 g/mol. The van der Waals surface area contributed by atoms with E-state index < -0.39 is 0 Å². The molecule has 2 fully saturated rings. The van der Waals surface area contributed by atoms with E-state index in [4.69, 9.17) is 0 Å². The van der Waals surface area contributed by atoms with Gasteiger partial charge < -0.3 is 4.90 Å². The summed E-state index contributed by atoms with van der Waals surface area (Å²) in [6, 6.07) is 0.860. The summed E-state index contributed by atoms with van der Waals surface area (Å²) in [5.74, 6) is 0.227. The molecule has 0 N–H and O–H groups in total. The van der Waals surface area contributed by atoms with Gasteiger partial charge in [0, 0.05) is 39.1 Å². The second kappa shape index (κ2) is 5.35. The normalized spacial score (nSPS) is 22.6. The zero-order chi connectivity index (χ0) is 10.6. The monoisotopic (exact) mass is 198 g/mol. The van der Waals surface area contributed by atoms with Crippen LogP contribution >= 0.6 is 0 Å². The largest absolute Gasteiger partial charge is 0.340 e. The smallest absolute Gasteiger partial charge is 0.219 e. The summed E-state index contributed by atoms with van der Waals surface area (Å²) in [7, 11) is 0. The zero-order valence-corrected chi connectivity index (χ0v) is 9.62. The second-order valence-electron chi connectivity index (χ2n) is 3.77. The van der Waals surface area contributed by atoms with Gasteiger partial charge in [0.1, 0.15) is 0 Å². The van der Waals surface area contributed by atoms with Crippen LogP contribution in [-0.2, 0) is 4.79 Å². The second-order valence-corrected chi connectivity index (χ2v) is 3.77. The molecule has 1 amide bonds. The molecule has 1 aliphatic heterocycles. The Labute approximate surface area is 87.1 Å². The molecule has 0 spiro atoms. The van der Waals surface area contributed by atoms with Gasteiger partial charge in [-0.1, -0.05) is 13.8 Å². The van der Waals surface area contributed by atoms with Crippen LogP contribution in [0.15, 0.2) is 0 Å². The fraction of sp³-hybridized carbons (Fsp3) is 0.909. The molecular weight excluding hydrogens is 176 g/mol. The molecule has 1 saturated heterocycles. The molecule has 0 bridgehead atoms. The molecular formula is C11H22N2O. The van der Waals surface area contributed by atoms with E-state index in [0.29, 0.717) is 0 Å². The van der Waals surface area contributed by atoms with Crippen LogP contribution in [0.25, 0.3) is 0 Å². The lowest BCUT2D eigenvalue weighted by atomic mass is 10.3. The third-order valence-corrected chi connectivity index (χ3v) is 2.82. The Kier molecular flexibility index (Phi) is 4.39. The van der Waals surface area contributed by atoms with Crippen LogP contribution < -0.4 is 0 Å². The van der Waals surface area contributed by atoms with E-state index in [2.05, 4.69) is 4.90 Å². The Hall–Kier alpha value is -0.570. The summed E-state index contributed by atoms with van der Waals surface area (Å²) in [5.41, 5.74) is 0. The first kappa shape index (κ1) is 11.5. The molecule has 1 saturated carbocycles. The van der Waals surface area contributed by atoms with Gasteiger partial charge >= 0.3 is 0 Å². The molecule has 0 unspecified atom stereocenters. The minimum absolute atomic E-state index is 0.227. The minimum atomic E-state index is 0.227. The molecule has 2 aliphatic rings. The number of carbonyl (C=O) groups is 1. The number of hydrogen-bond donors (Lipinski definition) is 0. The van der Waals surface area contributed by atoms with Crippen LogP contribution in [0.2, 0.25) is 0 Å². The number of carbonyl (C=O) groups excluding carboxylic acids is 1. The predicted molar refractivity (Wildman–Crippen MR) is 58.2 cm³/mol. The highest BCUT2D eigenvalue weighted by atomic mass is 16.2. The lowest BCUT2D eigenvalue weighted by molar-refractivity contribution is -0.130. The van der Waals surface area contributed by atoms with Gasteiger partial charge in [-0.3, -0.25) is 9.69 Å². The highest BCUT2D eigenvalue weighted by Crippen LogP contribution is 2.27. The van der Waals surface area contributed by atoms with Crippen LogP contribution in [0.5, 0.6) is 0 Å². The zero-order valence-electron chi connectivity index (χ0n) is 9.62. The molecule has 14 heavy (non-hydrogen) atoms. The van der Waals surface area contributed by atoms with Crippen molar-refractivity contribution in [1.82, 2.24) is 9.80 Å². The van der Waals surface area contributed by atoms with Gasteiger partial charge in [0.15, 0.2) is 0 Å². The molecule has 0 radical (unpaired) electrons. The van der Waals surface area contributed by atoms with Crippen molar-refractivity contribution in [3.63, 3.8) is 0 Å². The predicted octanol–water partition coefficient (Wildman–Crippen LogP) is 1.34. The van der Waals surface area contributed by atoms with Gasteiger partial charge in [0.2, 0.25) is 5.91 Å². The Morgan fingerprint density at radius 3 is 1.93 bits per heavy atom. The van der Waals surface area contributed by atoms with E-state index in [9.17, 15) is 4.79 Å². The molecule has 1 aliphatic carbocycles. The van der Waals surface area contributed by atoms with E-state index in [1.54, 1.807) is 6.92 Å². The van der Waals surface area contributed by atoms with Crippen molar-refractivity contribution in [2.75, 3.05) is 26.2 Å². The Morgan fingerprint density at radius 2 is 1.57 bits per heavy atom. The summed E-state index contributed by atoms with van der Waals surface area (Å²) in [4.78, 5) is 15.5. The highest BCUT2D eigenvalue weighted by Gasteiger charge is 2.31. The van der Waals surface area contributed by atoms with Crippen LogP contribution in [0.1, 0.15) is 33.6 Å². The van der Waals surface area contributed by atoms with Gasteiger partial charge in [-0.25, -0.2) is 0 Å². The summed E-state index contributed by atoms with van der Waals surface area (Å²) in [5, 5.41) is 0. The quantitative estimate of drug-likeness (QED) is 0.635. The van der Waals surface area contributed by atoms with E-state index in [0.717, 1.165) is 32.2 Å². The van der Waals surface area contributed by atoms with Crippen molar-refractivity contribution in [2.45, 2.75) is 39.7 Å². The summed E-state index contributed by atoms with van der Waals surface area (Å²) < 4.78 is 0. The summed E-state index contributed by atoms with van der Waals surface area (Å²) >= 11 is 0.